The molecule has 3 rings (SSSR count). The number of hydrogen-bond donors (Lipinski definition) is 2. The molecule has 0 spiro atoms. The fourth-order valence-electron chi connectivity index (χ4n) is 2.72. The number of alkyl halides is 3. The second kappa shape index (κ2) is 5.91. The van der Waals surface area contributed by atoms with Gasteiger partial charge < -0.3 is 15.5 Å². The van der Waals surface area contributed by atoms with Gasteiger partial charge in [-0.2, -0.15) is 23.3 Å². The Balaban J connectivity index is 1.89. The third-order valence-corrected chi connectivity index (χ3v) is 3.94. The highest BCUT2D eigenvalue weighted by Gasteiger charge is 2.41. The van der Waals surface area contributed by atoms with Crippen LogP contribution in [0.3, 0.4) is 0 Å². The summed E-state index contributed by atoms with van der Waals surface area (Å²) in [7, 11) is 0. The summed E-state index contributed by atoms with van der Waals surface area (Å²) in [6, 6.07) is 0. The molecule has 0 saturated heterocycles. The molecule has 0 fully saturated rings. The van der Waals surface area contributed by atoms with Gasteiger partial charge in [-0.1, -0.05) is 0 Å². The summed E-state index contributed by atoms with van der Waals surface area (Å²) < 4.78 is 40.7. The Morgan fingerprint density at radius 1 is 1.40 bits per heavy atom. The van der Waals surface area contributed by atoms with E-state index in [0.717, 1.165) is 11.9 Å². The Morgan fingerprint density at radius 3 is 2.80 bits per heavy atom. The van der Waals surface area contributed by atoms with E-state index in [2.05, 4.69) is 30.5 Å². The van der Waals surface area contributed by atoms with Gasteiger partial charge in [-0.15, -0.1) is 0 Å². The van der Waals surface area contributed by atoms with Crippen molar-refractivity contribution in [1.82, 2.24) is 19.7 Å². The van der Waals surface area contributed by atoms with Crippen LogP contribution < -0.4 is 10.6 Å². The van der Waals surface area contributed by atoms with Crippen molar-refractivity contribution in [2.45, 2.75) is 38.5 Å². The Kier molecular flexibility index (Phi) is 4.02. The summed E-state index contributed by atoms with van der Waals surface area (Å²) in [6.07, 6.45) is -1.72. The molecular formula is C15H16F3N7. The number of anilines is 3. The zero-order chi connectivity index (χ0) is 18.2. The molecule has 1 atom stereocenters. The van der Waals surface area contributed by atoms with Crippen LogP contribution in [0.4, 0.5) is 30.6 Å². The Bertz CT molecular complexity index is 837. The molecule has 1 unspecified atom stereocenters. The van der Waals surface area contributed by atoms with Gasteiger partial charge in [0.05, 0.1) is 24.0 Å². The van der Waals surface area contributed by atoms with Gasteiger partial charge in [0.25, 0.3) is 5.54 Å². The number of halogens is 3. The number of nitrogens with one attached hydrogen (secondary N) is 2. The van der Waals surface area contributed by atoms with E-state index in [1.165, 1.54) is 0 Å². The van der Waals surface area contributed by atoms with Gasteiger partial charge in [-0.3, -0.25) is 4.68 Å². The number of rotatable bonds is 4. The molecule has 7 nitrogen and oxygen atoms in total. The molecule has 0 aromatic carbocycles. The number of hydrogen-bond acceptors (Lipinski definition) is 5. The van der Waals surface area contributed by atoms with Crippen LogP contribution in [0.1, 0.15) is 25.1 Å². The van der Waals surface area contributed by atoms with Gasteiger partial charge in [0.15, 0.2) is 0 Å². The maximum absolute atomic E-state index is 13.0. The molecule has 0 aliphatic carbocycles. The van der Waals surface area contributed by atoms with Crippen molar-refractivity contribution in [2.75, 3.05) is 17.2 Å². The van der Waals surface area contributed by atoms with Crippen LogP contribution in [-0.2, 0) is 19.1 Å². The third kappa shape index (κ3) is 3.22. The first-order valence-electron chi connectivity index (χ1n) is 7.64. The highest BCUT2D eigenvalue weighted by molar-refractivity contribution is 5.59. The summed E-state index contributed by atoms with van der Waals surface area (Å²) in [5, 5.41) is 9.72. The average molecular weight is 351 g/mol. The summed E-state index contributed by atoms with van der Waals surface area (Å²) in [5.41, 5.74) is -0.0713. The SMILES string of the molecule is [C-]#[N+]C1(C)Cc2c(Nc3ncc(C(F)(F)F)c(NCC)n3)cnn2C1. The summed E-state index contributed by atoms with van der Waals surface area (Å²) in [5.74, 6) is -0.238. The first-order chi connectivity index (χ1) is 11.8. The van der Waals surface area contributed by atoms with E-state index in [4.69, 9.17) is 6.57 Å². The molecular weight excluding hydrogens is 335 g/mol. The number of fused-ring (bicyclic) bond motifs is 1. The zero-order valence-corrected chi connectivity index (χ0v) is 13.6. The molecule has 0 amide bonds. The average Bonchev–Trinajstić information content (AvgIpc) is 3.05. The quantitative estimate of drug-likeness (QED) is 0.828. The lowest BCUT2D eigenvalue weighted by atomic mass is 10.0. The summed E-state index contributed by atoms with van der Waals surface area (Å²) in [4.78, 5) is 11.3. The van der Waals surface area contributed by atoms with E-state index in [9.17, 15) is 13.2 Å². The molecule has 25 heavy (non-hydrogen) atoms. The predicted molar refractivity (Wildman–Crippen MR) is 85.4 cm³/mol. The highest BCUT2D eigenvalue weighted by atomic mass is 19.4. The van der Waals surface area contributed by atoms with E-state index >= 15 is 0 Å². The predicted octanol–water partition coefficient (Wildman–Crippen LogP) is 3.10. The van der Waals surface area contributed by atoms with E-state index in [0.29, 0.717) is 25.2 Å². The molecule has 132 valence electrons. The Hall–Kier alpha value is -2.83. The van der Waals surface area contributed by atoms with Gasteiger partial charge in [0.1, 0.15) is 17.9 Å². The molecule has 10 heteroatoms. The van der Waals surface area contributed by atoms with E-state index in [-0.39, 0.29) is 11.8 Å². The van der Waals surface area contributed by atoms with Crippen molar-refractivity contribution in [2.24, 2.45) is 0 Å². The van der Waals surface area contributed by atoms with Crippen molar-refractivity contribution >= 4 is 17.5 Å². The lowest BCUT2D eigenvalue weighted by molar-refractivity contribution is -0.137. The standard InChI is InChI=1S/C15H16F3N7/c1-4-20-12-9(15(16,17)18)6-21-13(24-12)23-10-7-22-25-8-14(2,19-3)5-11(10)25/h6-7H,4-5,8H2,1-2H3,(H2,20,21,23,24). The second-order valence-electron chi connectivity index (χ2n) is 6.06. The van der Waals surface area contributed by atoms with Crippen molar-refractivity contribution < 1.29 is 13.2 Å². The van der Waals surface area contributed by atoms with Crippen molar-refractivity contribution in [3.63, 3.8) is 0 Å². The van der Waals surface area contributed by atoms with Crippen molar-refractivity contribution in [1.29, 1.82) is 0 Å². The molecule has 0 saturated carbocycles. The molecule has 2 N–H and O–H groups in total. The lowest BCUT2D eigenvalue weighted by Gasteiger charge is -2.14. The van der Waals surface area contributed by atoms with Crippen molar-refractivity contribution in [3.05, 3.63) is 35.1 Å². The molecule has 3 heterocycles. The molecule has 2 aromatic rings. The van der Waals surface area contributed by atoms with Gasteiger partial charge in [-0.05, 0) is 6.92 Å². The fourth-order valence-corrected chi connectivity index (χ4v) is 2.72. The van der Waals surface area contributed by atoms with Gasteiger partial charge in [-0.25, -0.2) is 11.6 Å². The Labute approximate surface area is 142 Å². The van der Waals surface area contributed by atoms with Gasteiger partial charge >= 0.3 is 6.18 Å². The molecule has 0 bridgehead atoms. The smallest absolute Gasteiger partial charge is 0.370 e. The molecule has 1 aliphatic rings. The van der Waals surface area contributed by atoms with Crippen LogP contribution in [0.5, 0.6) is 0 Å². The monoisotopic (exact) mass is 351 g/mol. The van der Waals surface area contributed by atoms with E-state index in [1.807, 2.05) is 6.92 Å². The molecule has 1 aliphatic heterocycles. The topological polar surface area (TPSA) is 72.0 Å². The summed E-state index contributed by atoms with van der Waals surface area (Å²) >= 11 is 0. The number of aromatic nitrogens is 4. The lowest BCUT2D eigenvalue weighted by Crippen LogP contribution is -2.21. The van der Waals surface area contributed by atoms with E-state index < -0.39 is 17.3 Å². The van der Waals surface area contributed by atoms with Crippen LogP contribution >= 0.6 is 0 Å². The minimum atomic E-state index is -4.54. The van der Waals surface area contributed by atoms with Crippen LogP contribution in [0.15, 0.2) is 12.4 Å². The first kappa shape index (κ1) is 17.0. The largest absolute Gasteiger partial charge is 0.421 e. The maximum Gasteiger partial charge on any atom is 0.421 e. The summed E-state index contributed by atoms with van der Waals surface area (Å²) in [6.45, 7) is 11.6. The third-order valence-electron chi connectivity index (χ3n) is 3.94. The van der Waals surface area contributed by atoms with Gasteiger partial charge in [0.2, 0.25) is 5.95 Å². The van der Waals surface area contributed by atoms with Crippen LogP contribution in [0.25, 0.3) is 4.85 Å². The first-order valence-corrected chi connectivity index (χ1v) is 7.64. The minimum absolute atomic E-state index is 0.0381. The normalized spacial score (nSPS) is 19.4. The van der Waals surface area contributed by atoms with E-state index in [1.54, 1.807) is 17.8 Å². The van der Waals surface area contributed by atoms with Crippen LogP contribution in [0, 0.1) is 6.57 Å². The molecule has 2 aromatic heterocycles. The fraction of sp³-hybridized carbons (Fsp3) is 0.467. The zero-order valence-electron chi connectivity index (χ0n) is 13.6. The minimum Gasteiger partial charge on any atom is -0.370 e. The van der Waals surface area contributed by atoms with Crippen LogP contribution in [0.2, 0.25) is 0 Å². The maximum atomic E-state index is 13.0. The van der Waals surface area contributed by atoms with Crippen LogP contribution in [-0.4, -0.2) is 31.8 Å². The highest BCUT2D eigenvalue weighted by Crippen LogP contribution is 2.35. The number of nitrogens with zero attached hydrogens (tertiary/aromatic N) is 5. The Morgan fingerprint density at radius 2 is 2.16 bits per heavy atom. The van der Waals surface area contributed by atoms with Gasteiger partial charge in [0, 0.05) is 19.7 Å². The van der Waals surface area contributed by atoms with Crippen molar-refractivity contribution in [3.8, 4) is 0 Å². The second-order valence-corrected chi connectivity index (χ2v) is 6.06. The molecule has 0 radical (unpaired) electrons.